The molecule has 5 heteroatoms. The SMILES string of the molecule is CN(CCC(=O)N1CCc2ccccc21)Cc1ccc2c(c1)OCO2. The molecule has 1 amide bonds. The summed E-state index contributed by atoms with van der Waals surface area (Å²) >= 11 is 0. The summed E-state index contributed by atoms with van der Waals surface area (Å²) in [6, 6.07) is 14.2. The molecule has 0 N–H and O–H groups in total. The number of para-hydroxylation sites is 1. The molecule has 0 saturated carbocycles. The minimum atomic E-state index is 0.197. The van der Waals surface area contributed by atoms with Crippen LogP contribution in [0.2, 0.25) is 0 Å². The van der Waals surface area contributed by atoms with Crippen LogP contribution in [0.1, 0.15) is 17.5 Å². The minimum absolute atomic E-state index is 0.197. The molecule has 2 aromatic rings. The van der Waals surface area contributed by atoms with Crippen molar-refractivity contribution in [3.8, 4) is 11.5 Å². The molecular weight excluding hydrogens is 316 g/mol. The van der Waals surface area contributed by atoms with Gasteiger partial charge in [-0.15, -0.1) is 0 Å². The summed E-state index contributed by atoms with van der Waals surface area (Å²) in [6.07, 6.45) is 1.48. The molecule has 4 rings (SSSR count). The Morgan fingerprint density at radius 2 is 2.00 bits per heavy atom. The van der Waals surface area contributed by atoms with Gasteiger partial charge < -0.3 is 19.3 Å². The van der Waals surface area contributed by atoms with Crippen LogP contribution in [-0.2, 0) is 17.8 Å². The molecule has 0 unspecified atom stereocenters. The third-order valence-corrected chi connectivity index (χ3v) is 4.79. The van der Waals surface area contributed by atoms with Crippen molar-refractivity contribution in [2.24, 2.45) is 0 Å². The van der Waals surface area contributed by atoms with E-state index in [1.807, 2.05) is 48.3 Å². The van der Waals surface area contributed by atoms with Gasteiger partial charge in [-0.25, -0.2) is 0 Å². The monoisotopic (exact) mass is 338 g/mol. The van der Waals surface area contributed by atoms with Crippen LogP contribution in [-0.4, -0.2) is 37.7 Å². The number of amides is 1. The first kappa shape index (κ1) is 16.0. The van der Waals surface area contributed by atoms with Crippen molar-refractivity contribution in [1.82, 2.24) is 4.90 Å². The third kappa shape index (κ3) is 3.33. The molecule has 2 aliphatic rings. The molecule has 2 aliphatic heterocycles. The van der Waals surface area contributed by atoms with E-state index in [1.165, 1.54) is 5.56 Å². The van der Waals surface area contributed by atoms with Crippen molar-refractivity contribution < 1.29 is 14.3 Å². The molecule has 0 bridgehead atoms. The van der Waals surface area contributed by atoms with Crippen LogP contribution in [0.4, 0.5) is 5.69 Å². The molecule has 25 heavy (non-hydrogen) atoms. The van der Waals surface area contributed by atoms with E-state index in [-0.39, 0.29) is 5.91 Å². The molecule has 0 radical (unpaired) electrons. The predicted octanol–water partition coefficient (Wildman–Crippen LogP) is 2.83. The summed E-state index contributed by atoms with van der Waals surface area (Å²) in [5.41, 5.74) is 3.50. The van der Waals surface area contributed by atoms with Crippen molar-refractivity contribution in [1.29, 1.82) is 0 Å². The topological polar surface area (TPSA) is 42.0 Å². The number of ether oxygens (including phenoxy) is 2. The largest absolute Gasteiger partial charge is 0.454 e. The van der Waals surface area contributed by atoms with E-state index >= 15 is 0 Å². The van der Waals surface area contributed by atoms with E-state index in [2.05, 4.69) is 11.0 Å². The van der Waals surface area contributed by atoms with Gasteiger partial charge in [0.25, 0.3) is 0 Å². The van der Waals surface area contributed by atoms with Crippen molar-refractivity contribution in [3.05, 3.63) is 53.6 Å². The maximum absolute atomic E-state index is 12.6. The molecular formula is C20H22N2O3. The lowest BCUT2D eigenvalue weighted by Crippen LogP contribution is -2.32. The van der Waals surface area contributed by atoms with Gasteiger partial charge in [-0.1, -0.05) is 24.3 Å². The van der Waals surface area contributed by atoms with Crippen LogP contribution < -0.4 is 14.4 Å². The van der Waals surface area contributed by atoms with Crippen LogP contribution in [0.3, 0.4) is 0 Å². The van der Waals surface area contributed by atoms with E-state index in [0.717, 1.165) is 48.8 Å². The number of anilines is 1. The molecule has 0 aromatic heterocycles. The third-order valence-electron chi connectivity index (χ3n) is 4.79. The first-order valence-corrected chi connectivity index (χ1v) is 8.66. The Hall–Kier alpha value is -2.53. The highest BCUT2D eigenvalue weighted by Gasteiger charge is 2.24. The van der Waals surface area contributed by atoms with Gasteiger partial charge in [0, 0.05) is 31.7 Å². The fraction of sp³-hybridized carbons (Fsp3) is 0.350. The fourth-order valence-corrected chi connectivity index (χ4v) is 3.45. The lowest BCUT2D eigenvalue weighted by Gasteiger charge is -2.20. The second kappa shape index (κ2) is 6.76. The second-order valence-corrected chi connectivity index (χ2v) is 6.60. The second-order valence-electron chi connectivity index (χ2n) is 6.60. The van der Waals surface area contributed by atoms with Gasteiger partial charge >= 0.3 is 0 Å². The first-order chi connectivity index (χ1) is 12.2. The van der Waals surface area contributed by atoms with E-state index in [0.29, 0.717) is 13.2 Å². The van der Waals surface area contributed by atoms with Crippen LogP contribution in [0, 0.1) is 0 Å². The van der Waals surface area contributed by atoms with Crippen molar-refractivity contribution in [2.75, 3.05) is 31.8 Å². The molecule has 2 heterocycles. The van der Waals surface area contributed by atoms with Gasteiger partial charge in [-0.05, 0) is 42.8 Å². The first-order valence-electron chi connectivity index (χ1n) is 8.66. The maximum Gasteiger partial charge on any atom is 0.231 e. The Morgan fingerprint density at radius 3 is 2.92 bits per heavy atom. The van der Waals surface area contributed by atoms with Crippen LogP contribution in [0.5, 0.6) is 11.5 Å². The van der Waals surface area contributed by atoms with Crippen molar-refractivity contribution in [2.45, 2.75) is 19.4 Å². The van der Waals surface area contributed by atoms with Crippen LogP contribution in [0.25, 0.3) is 0 Å². The van der Waals surface area contributed by atoms with Gasteiger partial charge in [-0.2, -0.15) is 0 Å². The number of nitrogens with zero attached hydrogens (tertiary/aromatic N) is 2. The molecule has 0 saturated heterocycles. The highest BCUT2D eigenvalue weighted by Crippen LogP contribution is 2.32. The smallest absolute Gasteiger partial charge is 0.231 e. The zero-order valence-electron chi connectivity index (χ0n) is 14.4. The Bertz CT molecular complexity index is 790. The molecule has 0 fully saturated rings. The van der Waals surface area contributed by atoms with Crippen LogP contribution in [0.15, 0.2) is 42.5 Å². The van der Waals surface area contributed by atoms with Crippen molar-refractivity contribution >= 4 is 11.6 Å². The Labute approximate surface area is 147 Å². The predicted molar refractivity (Wildman–Crippen MR) is 96.0 cm³/mol. The summed E-state index contributed by atoms with van der Waals surface area (Å²) in [5, 5.41) is 0. The normalized spacial score (nSPS) is 14.9. The number of fused-ring (bicyclic) bond motifs is 2. The standard InChI is InChI=1S/C20H22N2O3/c1-21(13-15-6-7-18-19(12-15)25-14-24-18)10-9-20(23)22-11-8-16-4-2-3-5-17(16)22/h2-7,12H,8-11,13-14H2,1H3. The highest BCUT2D eigenvalue weighted by molar-refractivity contribution is 5.95. The quantitative estimate of drug-likeness (QED) is 0.841. The number of carbonyl (C=O) groups is 1. The molecule has 0 atom stereocenters. The Morgan fingerprint density at radius 1 is 1.16 bits per heavy atom. The highest BCUT2D eigenvalue weighted by atomic mass is 16.7. The summed E-state index contributed by atoms with van der Waals surface area (Å²) in [7, 11) is 2.04. The van der Waals surface area contributed by atoms with Gasteiger partial charge in [0.1, 0.15) is 0 Å². The van der Waals surface area contributed by atoms with E-state index in [9.17, 15) is 4.79 Å². The number of hydrogen-bond acceptors (Lipinski definition) is 4. The zero-order chi connectivity index (χ0) is 17.2. The van der Waals surface area contributed by atoms with Gasteiger partial charge in [-0.3, -0.25) is 4.79 Å². The van der Waals surface area contributed by atoms with E-state index < -0.39 is 0 Å². The number of hydrogen-bond donors (Lipinski definition) is 0. The summed E-state index contributed by atoms with van der Waals surface area (Å²) in [4.78, 5) is 16.7. The van der Waals surface area contributed by atoms with Crippen molar-refractivity contribution in [3.63, 3.8) is 0 Å². The van der Waals surface area contributed by atoms with Crippen LogP contribution >= 0.6 is 0 Å². The van der Waals surface area contributed by atoms with Gasteiger partial charge in [0.2, 0.25) is 12.7 Å². The summed E-state index contributed by atoms with van der Waals surface area (Å²) in [6.45, 7) is 2.59. The Kier molecular flexibility index (Phi) is 4.32. The van der Waals surface area contributed by atoms with E-state index in [4.69, 9.17) is 9.47 Å². The molecule has 0 spiro atoms. The zero-order valence-corrected chi connectivity index (χ0v) is 14.4. The summed E-state index contributed by atoms with van der Waals surface area (Å²) < 4.78 is 10.8. The lowest BCUT2D eigenvalue weighted by atomic mass is 10.2. The average Bonchev–Trinajstić information content (AvgIpc) is 3.26. The number of benzene rings is 2. The molecule has 5 nitrogen and oxygen atoms in total. The minimum Gasteiger partial charge on any atom is -0.454 e. The number of carbonyl (C=O) groups excluding carboxylic acids is 1. The number of rotatable bonds is 5. The molecule has 2 aromatic carbocycles. The fourth-order valence-electron chi connectivity index (χ4n) is 3.45. The molecule has 0 aliphatic carbocycles. The average molecular weight is 338 g/mol. The molecule has 130 valence electrons. The van der Waals surface area contributed by atoms with Gasteiger partial charge in [0.05, 0.1) is 0 Å². The lowest BCUT2D eigenvalue weighted by molar-refractivity contribution is -0.118. The van der Waals surface area contributed by atoms with Gasteiger partial charge in [0.15, 0.2) is 11.5 Å². The summed E-state index contributed by atoms with van der Waals surface area (Å²) in [5.74, 6) is 1.80. The maximum atomic E-state index is 12.6. The van der Waals surface area contributed by atoms with E-state index in [1.54, 1.807) is 0 Å². The Balaban J connectivity index is 1.32.